The number of aromatic nitrogens is 1. The summed E-state index contributed by atoms with van der Waals surface area (Å²) in [5.74, 6) is 1.09. The average molecular weight is 285 g/mol. The molecule has 4 heteroatoms. The van der Waals surface area contributed by atoms with Crippen molar-refractivity contribution in [1.29, 1.82) is 0 Å². The molecule has 2 heterocycles. The smallest absolute Gasteiger partial charge is 0.161 e. The van der Waals surface area contributed by atoms with Gasteiger partial charge in [0.15, 0.2) is 5.17 Å². The summed E-state index contributed by atoms with van der Waals surface area (Å²) >= 11 is 1.79. The Bertz CT molecular complexity index is 676. The van der Waals surface area contributed by atoms with E-state index in [1.807, 2.05) is 13.0 Å². The van der Waals surface area contributed by atoms with Gasteiger partial charge in [0, 0.05) is 23.4 Å². The standard InChI is InChI=1S/C16H19N3S/c1-11-7-8-12-5-4-6-13(14(12)18-11)19-15-17-9-16(2,3)10-20-15/h4-8H,9-10H2,1-3H3,(H,17,19). The van der Waals surface area contributed by atoms with Crippen LogP contribution >= 0.6 is 11.8 Å². The predicted octanol–water partition coefficient (Wildman–Crippen LogP) is 4.08. The van der Waals surface area contributed by atoms with Crippen LogP contribution in [0.1, 0.15) is 19.5 Å². The van der Waals surface area contributed by atoms with Crippen LogP contribution in [0.2, 0.25) is 0 Å². The molecule has 2 aromatic rings. The average Bonchev–Trinajstić information content (AvgIpc) is 2.42. The first-order valence-electron chi connectivity index (χ1n) is 6.84. The Morgan fingerprint density at radius 2 is 2.05 bits per heavy atom. The molecule has 0 radical (unpaired) electrons. The molecule has 1 aromatic heterocycles. The number of nitrogens with one attached hydrogen (secondary N) is 1. The molecule has 0 amide bonds. The van der Waals surface area contributed by atoms with E-state index >= 15 is 0 Å². The van der Waals surface area contributed by atoms with Gasteiger partial charge < -0.3 is 5.32 Å². The number of anilines is 1. The van der Waals surface area contributed by atoms with Gasteiger partial charge in [-0.25, -0.2) is 0 Å². The van der Waals surface area contributed by atoms with Crippen LogP contribution in [-0.2, 0) is 0 Å². The summed E-state index contributed by atoms with van der Waals surface area (Å²) in [7, 11) is 0. The van der Waals surface area contributed by atoms with Gasteiger partial charge in [-0.1, -0.05) is 43.8 Å². The SMILES string of the molecule is Cc1ccc2cccc(NC3=NCC(C)(C)CS3)c2n1. The highest BCUT2D eigenvalue weighted by atomic mass is 32.2. The second kappa shape index (κ2) is 5.09. The third-order valence-corrected chi connectivity index (χ3v) is 4.78. The Balaban J connectivity index is 1.92. The molecule has 0 aliphatic carbocycles. The molecule has 1 aromatic carbocycles. The number of amidine groups is 1. The maximum atomic E-state index is 4.65. The van der Waals surface area contributed by atoms with Gasteiger partial charge in [-0.2, -0.15) is 0 Å². The molecule has 1 N–H and O–H groups in total. The number of aryl methyl sites for hydroxylation is 1. The number of hydrogen-bond donors (Lipinski definition) is 1. The molecule has 3 rings (SSSR count). The predicted molar refractivity (Wildman–Crippen MR) is 88.6 cm³/mol. The van der Waals surface area contributed by atoms with Gasteiger partial charge in [-0.15, -0.1) is 0 Å². The zero-order chi connectivity index (χ0) is 14.2. The molecule has 0 fully saturated rings. The highest BCUT2D eigenvalue weighted by Crippen LogP contribution is 2.29. The summed E-state index contributed by atoms with van der Waals surface area (Å²) in [4.78, 5) is 9.29. The summed E-state index contributed by atoms with van der Waals surface area (Å²) < 4.78 is 0. The lowest BCUT2D eigenvalue weighted by Crippen LogP contribution is -2.27. The number of fused-ring (bicyclic) bond motifs is 1. The summed E-state index contributed by atoms with van der Waals surface area (Å²) in [5.41, 5.74) is 3.38. The van der Waals surface area contributed by atoms with Crippen LogP contribution in [0.3, 0.4) is 0 Å². The lowest BCUT2D eigenvalue weighted by molar-refractivity contribution is 0.438. The molecule has 0 bridgehead atoms. The Morgan fingerprint density at radius 1 is 1.20 bits per heavy atom. The van der Waals surface area contributed by atoms with Crippen LogP contribution in [0.4, 0.5) is 5.69 Å². The lowest BCUT2D eigenvalue weighted by Gasteiger charge is -2.27. The first-order valence-corrected chi connectivity index (χ1v) is 7.83. The monoisotopic (exact) mass is 285 g/mol. The molecule has 1 aliphatic heterocycles. The number of para-hydroxylation sites is 1. The third-order valence-electron chi connectivity index (χ3n) is 3.35. The fourth-order valence-corrected chi connectivity index (χ4v) is 3.13. The number of pyridine rings is 1. The van der Waals surface area contributed by atoms with Crippen LogP contribution in [-0.4, -0.2) is 22.4 Å². The second-order valence-electron chi connectivity index (χ2n) is 6.03. The van der Waals surface area contributed by atoms with Gasteiger partial charge >= 0.3 is 0 Å². The first kappa shape index (κ1) is 13.4. The maximum absolute atomic E-state index is 4.65. The van der Waals surface area contributed by atoms with Crippen molar-refractivity contribution in [2.75, 3.05) is 17.6 Å². The molecule has 0 spiro atoms. The molecule has 20 heavy (non-hydrogen) atoms. The minimum atomic E-state index is 0.295. The van der Waals surface area contributed by atoms with Crippen molar-refractivity contribution in [3.8, 4) is 0 Å². The van der Waals surface area contributed by atoms with Gasteiger partial charge in [0.1, 0.15) is 0 Å². The normalized spacial score (nSPS) is 17.9. The summed E-state index contributed by atoms with van der Waals surface area (Å²) in [6.45, 7) is 7.40. The molecular weight excluding hydrogens is 266 g/mol. The third kappa shape index (κ3) is 2.80. The molecule has 0 atom stereocenters. The van der Waals surface area contributed by atoms with E-state index < -0.39 is 0 Å². The van der Waals surface area contributed by atoms with Crippen LogP contribution in [0, 0.1) is 12.3 Å². The highest BCUT2D eigenvalue weighted by Gasteiger charge is 2.23. The molecule has 0 unspecified atom stereocenters. The van der Waals surface area contributed by atoms with Crippen LogP contribution in [0.25, 0.3) is 10.9 Å². The fourth-order valence-electron chi connectivity index (χ4n) is 2.18. The van der Waals surface area contributed by atoms with Crippen LogP contribution in [0.15, 0.2) is 35.3 Å². The summed E-state index contributed by atoms with van der Waals surface area (Å²) in [5, 5.41) is 5.59. The Hall–Kier alpha value is -1.55. The Kier molecular flexibility index (Phi) is 3.42. The Labute approximate surface area is 123 Å². The van der Waals surface area contributed by atoms with E-state index in [1.165, 1.54) is 0 Å². The van der Waals surface area contributed by atoms with Gasteiger partial charge in [0.25, 0.3) is 0 Å². The minimum Gasteiger partial charge on any atom is -0.333 e. The lowest BCUT2D eigenvalue weighted by atomic mass is 9.97. The van der Waals surface area contributed by atoms with Gasteiger partial charge in [-0.05, 0) is 24.5 Å². The van der Waals surface area contributed by atoms with E-state index in [4.69, 9.17) is 0 Å². The van der Waals surface area contributed by atoms with Crippen LogP contribution < -0.4 is 5.32 Å². The quantitative estimate of drug-likeness (QED) is 0.857. The van der Waals surface area contributed by atoms with Crippen molar-refractivity contribution in [1.82, 2.24) is 4.98 Å². The van der Waals surface area contributed by atoms with Crippen molar-refractivity contribution in [2.45, 2.75) is 20.8 Å². The fraction of sp³-hybridized carbons (Fsp3) is 0.375. The Morgan fingerprint density at radius 3 is 2.80 bits per heavy atom. The van der Waals surface area contributed by atoms with Crippen LogP contribution in [0.5, 0.6) is 0 Å². The number of aliphatic imine (C=N–C) groups is 1. The molecule has 104 valence electrons. The van der Waals surface area contributed by atoms with E-state index in [9.17, 15) is 0 Å². The number of hydrogen-bond acceptors (Lipinski definition) is 4. The van der Waals surface area contributed by atoms with Crippen molar-refractivity contribution in [3.63, 3.8) is 0 Å². The number of nitrogens with zero attached hydrogens (tertiary/aromatic N) is 2. The molecule has 0 saturated heterocycles. The summed E-state index contributed by atoms with van der Waals surface area (Å²) in [6, 6.07) is 10.4. The van der Waals surface area contributed by atoms with Crippen molar-refractivity contribution in [3.05, 3.63) is 36.0 Å². The molecule has 1 aliphatic rings. The van der Waals surface area contributed by atoms with Crippen molar-refractivity contribution >= 4 is 33.5 Å². The maximum Gasteiger partial charge on any atom is 0.161 e. The van der Waals surface area contributed by atoms with E-state index in [1.54, 1.807) is 11.8 Å². The van der Waals surface area contributed by atoms with Gasteiger partial charge in [0.2, 0.25) is 0 Å². The number of benzene rings is 1. The van der Waals surface area contributed by atoms with Crippen molar-refractivity contribution in [2.24, 2.45) is 10.4 Å². The number of rotatable bonds is 1. The van der Waals surface area contributed by atoms with E-state index in [0.717, 1.165) is 39.7 Å². The number of thioether (sulfide) groups is 1. The summed E-state index contributed by atoms with van der Waals surface area (Å²) in [6.07, 6.45) is 0. The highest BCUT2D eigenvalue weighted by molar-refractivity contribution is 8.14. The van der Waals surface area contributed by atoms with Crippen molar-refractivity contribution < 1.29 is 0 Å². The zero-order valence-electron chi connectivity index (χ0n) is 12.1. The second-order valence-corrected chi connectivity index (χ2v) is 6.99. The van der Waals surface area contributed by atoms with Gasteiger partial charge in [0.05, 0.1) is 11.2 Å². The minimum absolute atomic E-state index is 0.295. The molecule has 0 saturated carbocycles. The zero-order valence-corrected chi connectivity index (χ0v) is 12.9. The van der Waals surface area contributed by atoms with E-state index in [-0.39, 0.29) is 0 Å². The van der Waals surface area contributed by atoms with Gasteiger partial charge in [-0.3, -0.25) is 9.98 Å². The largest absolute Gasteiger partial charge is 0.333 e. The van der Waals surface area contributed by atoms with E-state index in [0.29, 0.717) is 5.41 Å². The molecular formula is C16H19N3S. The molecule has 3 nitrogen and oxygen atoms in total. The topological polar surface area (TPSA) is 37.3 Å². The first-order chi connectivity index (χ1) is 9.53. The van der Waals surface area contributed by atoms with E-state index in [2.05, 4.69) is 53.4 Å².